The van der Waals surface area contributed by atoms with Crippen molar-refractivity contribution in [3.8, 4) is 6.07 Å². The van der Waals surface area contributed by atoms with Crippen LogP contribution in [0.25, 0.3) is 0 Å². The van der Waals surface area contributed by atoms with Crippen LogP contribution in [-0.2, 0) is 14.8 Å². The Morgan fingerprint density at radius 1 is 1.37 bits per heavy atom. The summed E-state index contributed by atoms with van der Waals surface area (Å²) in [5.74, 6) is 0.569. The summed E-state index contributed by atoms with van der Waals surface area (Å²) in [6, 6.07) is 6.57. The minimum absolute atomic E-state index is 0.0234. The molecule has 0 aromatic heterocycles. The van der Waals surface area contributed by atoms with E-state index in [0.29, 0.717) is 17.7 Å². The maximum absolute atomic E-state index is 12.3. The van der Waals surface area contributed by atoms with Crippen LogP contribution < -0.4 is 4.72 Å². The van der Waals surface area contributed by atoms with Gasteiger partial charge in [-0.15, -0.1) is 0 Å². The molecule has 0 spiro atoms. The van der Waals surface area contributed by atoms with Gasteiger partial charge in [0.1, 0.15) is 11.0 Å². The Morgan fingerprint density at radius 2 is 2.05 bits per heavy atom. The molecule has 2 aliphatic rings. The van der Waals surface area contributed by atoms with Gasteiger partial charge in [-0.2, -0.15) is 5.26 Å². The SMILES string of the molecule is N#Cc1c(Br)cccc1S(=O)(=O)NC1[C@H]2COC[C@@H]12. The van der Waals surface area contributed by atoms with Crippen LogP contribution in [0.4, 0.5) is 0 Å². The number of hydrogen-bond acceptors (Lipinski definition) is 4. The Labute approximate surface area is 119 Å². The van der Waals surface area contributed by atoms with Crippen molar-refractivity contribution in [3.63, 3.8) is 0 Å². The third-order valence-electron chi connectivity index (χ3n) is 3.62. The molecule has 7 heteroatoms. The zero-order valence-corrected chi connectivity index (χ0v) is 12.2. The molecule has 1 saturated carbocycles. The lowest BCUT2D eigenvalue weighted by Crippen LogP contribution is -2.30. The highest BCUT2D eigenvalue weighted by Crippen LogP contribution is 2.44. The van der Waals surface area contributed by atoms with Crippen LogP contribution >= 0.6 is 15.9 Å². The van der Waals surface area contributed by atoms with E-state index >= 15 is 0 Å². The number of ether oxygens (including phenoxy) is 1. The molecule has 1 aromatic rings. The number of sulfonamides is 1. The average Bonchev–Trinajstić information content (AvgIpc) is 2.82. The topological polar surface area (TPSA) is 79.2 Å². The van der Waals surface area contributed by atoms with Crippen LogP contribution in [0.2, 0.25) is 0 Å². The van der Waals surface area contributed by atoms with Gasteiger partial charge in [-0.05, 0) is 28.1 Å². The van der Waals surface area contributed by atoms with E-state index < -0.39 is 10.0 Å². The molecule has 2 fully saturated rings. The molecule has 1 aromatic carbocycles. The lowest BCUT2D eigenvalue weighted by molar-refractivity contribution is 0.159. The second kappa shape index (κ2) is 4.56. The summed E-state index contributed by atoms with van der Waals surface area (Å²) in [4.78, 5) is 0.0234. The van der Waals surface area contributed by atoms with Gasteiger partial charge in [-0.3, -0.25) is 0 Å². The molecule has 1 N–H and O–H groups in total. The fraction of sp³-hybridized carbons (Fsp3) is 0.417. The molecule has 3 rings (SSSR count). The van der Waals surface area contributed by atoms with Gasteiger partial charge >= 0.3 is 0 Å². The Bertz CT molecular complexity index is 658. The monoisotopic (exact) mass is 342 g/mol. The predicted octanol–water partition coefficient (Wildman–Crippen LogP) is 1.24. The van der Waals surface area contributed by atoms with Crippen molar-refractivity contribution < 1.29 is 13.2 Å². The molecule has 1 aliphatic carbocycles. The van der Waals surface area contributed by atoms with E-state index in [1.165, 1.54) is 6.07 Å². The number of fused-ring (bicyclic) bond motifs is 1. The van der Waals surface area contributed by atoms with Crippen molar-refractivity contribution in [1.29, 1.82) is 5.26 Å². The molecule has 1 heterocycles. The van der Waals surface area contributed by atoms with Crippen molar-refractivity contribution in [3.05, 3.63) is 28.2 Å². The molecule has 3 atom stereocenters. The first-order valence-corrected chi connectivity index (χ1v) is 8.11. The fourth-order valence-electron chi connectivity index (χ4n) is 2.49. The third-order valence-corrected chi connectivity index (χ3v) is 5.78. The molecule has 1 unspecified atom stereocenters. The summed E-state index contributed by atoms with van der Waals surface area (Å²) >= 11 is 3.20. The van der Waals surface area contributed by atoms with Crippen molar-refractivity contribution in [1.82, 2.24) is 4.72 Å². The highest BCUT2D eigenvalue weighted by atomic mass is 79.9. The maximum Gasteiger partial charge on any atom is 0.242 e. The van der Waals surface area contributed by atoms with Gasteiger partial charge in [0.15, 0.2) is 0 Å². The molecule has 1 aliphatic heterocycles. The lowest BCUT2D eigenvalue weighted by Gasteiger charge is -2.10. The number of nitrogens with one attached hydrogen (secondary N) is 1. The van der Waals surface area contributed by atoms with E-state index in [1.807, 2.05) is 6.07 Å². The van der Waals surface area contributed by atoms with Crippen molar-refractivity contribution in [2.24, 2.45) is 11.8 Å². The van der Waals surface area contributed by atoms with Crippen LogP contribution in [-0.4, -0.2) is 27.7 Å². The quantitative estimate of drug-likeness (QED) is 0.896. The number of nitriles is 1. The first-order valence-electron chi connectivity index (χ1n) is 5.83. The van der Waals surface area contributed by atoms with Gasteiger partial charge < -0.3 is 4.74 Å². The lowest BCUT2D eigenvalue weighted by atomic mass is 10.2. The van der Waals surface area contributed by atoms with E-state index in [2.05, 4.69) is 20.7 Å². The number of benzene rings is 1. The highest BCUT2D eigenvalue weighted by molar-refractivity contribution is 9.10. The molecule has 5 nitrogen and oxygen atoms in total. The molecule has 0 radical (unpaired) electrons. The first kappa shape index (κ1) is 13.1. The van der Waals surface area contributed by atoms with Crippen molar-refractivity contribution >= 4 is 26.0 Å². The summed E-state index contributed by atoms with van der Waals surface area (Å²) in [6.07, 6.45) is 0. The van der Waals surface area contributed by atoms with Gasteiger partial charge in [0.2, 0.25) is 10.0 Å². The van der Waals surface area contributed by atoms with E-state index in [4.69, 9.17) is 10.00 Å². The van der Waals surface area contributed by atoms with Gasteiger partial charge in [-0.25, -0.2) is 13.1 Å². The molecule has 19 heavy (non-hydrogen) atoms. The van der Waals surface area contributed by atoms with Crippen LogP contribution in [0.1, 0.15) is 5.56 Å². The van der Waals surface area contributed by atoms with Crippen LogP contribution in [0.15, 0.2) is 27.6 Å². The Morgan fingerprint density at radius 3 is 2.68 bits per heavy atom. The third kappa shape index (κ3) is 2.19. The first-order chi connectivity index (χ1) is 9.04. The summed E-state index contributed by atoms with van der Waals surface area (Å²) in [7, 11) is -3.66. The number of rotatable bonds is 3. The van der Waals surface area contributed by atoms with E-state index in [9.17, 15) is 8.42 Å². The van der Waals surface area contributed by atoms with Crippen LogP contribution in [0.3, 0.4) is 0 Å². The Kier molecular flexibility index (Phi) is 3.14. The number of halogens is 1. The Balaban J connectivity index is 1.89. The largest absolute Gasteiger partial charge is 0.381 e. The smallest absolute Gasteiger partial charge is 0.242 e. The van der Waals surface area contributed by atoms with Crippen molar-refractivity contribution in [2.45, 2.75) is 10.9 Å². The Hall–Kier alpha value is -0.940. The zero-order valence-electron chi connectivity index (χ0n) is 9.84. The van der Waals surface area contributed by atoms with Gasteiger partial charge in [0, 0.05) is 22.4 Å². The fourth-order valence-corrected chi connectivity index (χ4v) is 4.60. The minimum Gasteiger partial charge on any atom is -0.381 e. The van der Waals surface area contributed by atoms with Crippen LogP contribution in [0, 0.1) is 23.2 Å². The molecule has 0 amide bonds. The van der Waals surface area contributed by atoms with Gasteiger partial charge in [-0.1, -0.05) is 6.07 Å². The van der Waals surface area contributed by atoms with E-state index in [1.54, 1.807) is 12.1 Å². The van der Waals surface area contributed by atoms with E-state index in [-0.39, 0.29) is 28.3 Å². The highest BCUT2D eigenvalue weighted by Gasteiger charge is 2.55. The van der Waals surface area contributed by atoms with E-state index in [0.717, 1.165) is 0 Å². The second-order valence-corrected chi connectivity index (χ2v) is 7.27. The summed E-state index contributed by atoms with van der Waals surface area (Å²) in [5.41, 5.74) is 0.136. The van der Waals surface area contributed by atoms with Crippen LogP contribution in [0.5, 0.6) is 0 Å². The normalized spacial score (nSPS) is 28.7. The summed E-state index contributed by atoms with van der Waals surface area (Å²) < 4.78 is 33.0. The molecule has 1 saturated heterocycles. The zero-order chi connectivity index (χ0) is 13.6. The molecule has 0 bridgehead atoms. The van der Waals surface area contributed by atoms with Gasteiger partial charge in [0.05, 0.1) is 18.8 Å². The predicted molar refractivity (Wildman–Crippen MR) is 70.8 cm³/mol. The number of nitrogens with zero attached hydrogens (tertiary/aromatic N) is 1. The average molecular weight is 343 g/mol. The summed E-state index contributed by atoms with van der Waals surface area (Å²) in [6.45, 7) is 1.23. The minimum atomic E-state index is -3.66. The van der Waals surface area contributed by atoms with Crippen molar-refractivity contribution in [2.75, 3.05) is 13.2 Å². The molecular weight excluding hydrogens is 332 g/mol. The van der Waals surface area contributed by atoms with Gasteiger partial charge in [0.25, 0.3) is 0 Å². The second-order valence-electron chi connectivity index (χ2n) is 4.74. The maximum atomic E-state index is 12.3. The summed E-state index contributed by atoms with van der Waals surface area (Å²) in [5, 5.41) is 9.08. The molecule has 100 valence electrons. The molecular formula is C12H11BrN2O3S. The number of hydrogen-bond donors (Lipinski definition) is 1. The standard InChI is InChI=1S/C12H11BrN2O3S/c13-10-2-1-3-11(7(10)4-14)19(16,17)15-12-8-5-18-6-9(8)12/h1-3,8-9,12,15H,5-6H2/t8-,9+,12?.